The molecule has 1 amide bonds. The van der Waals surface area contributed by atoms with E-state index < -0.39 is 0 Å². The van der Waals surface area contributed by atoms with Gasteiger partial charge in [-0.15, -0.1) is 0 Å². The standard InChI is InChI=1S/C15H14N2O3/c18-10-13-6-7-14(9-16-13)20-11-15(19)17-8-12-4-2-1-3-5-12/h1-7,9-10H,8,11H2,(H,17,19). The molecule has 20 heavy (non-hydrogen) atoms. The molecule has 0 radical (unpaired) electrons. The number of aromatic nitrogens is 1. The number of nitrogens with one attached hydrogen (secondary N) is 1. The fraction of sp³-hybridized carbons (Fsp3) is 0.133. The van der Waals surface area contributed by atoms with Crippen LogP contribution < -0.4 is 10.1 Å². The molecule has 0 atom stereocenters. The average molecular weight is 270 g/mol. The van der Waals surface area contributed by atoms with Crippen molar-refractivity contribution < 1.29 is 14.3 Å². The van der Waals surface area contributed by atoms with Crippen LogP contribution in [0.15, 0.2) is 48.7 Å². The van der Waals surface area contributed by atoms with E-state index >= 15 is 0 Å². The molecule has 2 aromatic rings. The van der Waals surface area contributed by atoms with Crippen LogP contribution in [0, 0.1) is 0 Å². The number of aldehydes is 1. The Bertz CT molecular complexity index is 567. The van der Waals surface area contributed by atoms with Gasteiger partial charge in [-0.1, -0.05) is 30.3 Å². The molecule has 1 N–H and O–H groups in total. The Kier molecular flexibility index (Phi) is 4.83. The van der Waals surface area contributed by atoms with Gasteiger partial charge in [-0.25, -0.2) is 4.98 Å². The summed E-state index contributed by atoms with van der Waals surface area (Å²) >= 11 is 0. The van der Waals surface area contributed by atoms with E-state index in [1.807, 2.05) is 30.3 Å². The van der Waals surface area contributed by atoms with Crippen molar-refractivity contribution in [3.8, 4) is 5.75 Å². The maximum absolute atomic E-state index is 11.6. The van der Waals surface area contributed by atoms with E-state index in [1.165, 1.54) is 12.3 Å². The Morgan fingerprint density at radius 2 is 2.00 bits per heavy atom. The summed E-state index contributed by atoms with van der Waals surface area (Å²) in [4.78, 5) is 25.9. The molecule has 0 saturated heterocycles. The van der Waals surface area contributed by atoms with Crippen LogP contribution in [0.2, 0.25) is 0 Å². The van der Waals surface area contributed by atoms with Crippen LogP contribution in [-0.4, -0.2) is 23.8 Å². The largest absolute Gasteiger partial charge is 0.482 e. The highest BCUT2D eigenvalue weighted by Crippen LogP contribution is 2.07. The van der Waals surface area contributed by atoms with Crippen LogP contribution in [0.25, 0.3) is 0 Å². The molecule has 1 heterocycles. The minimum Gasteiger partial charge on any atom is -0.482 e. The van der Waals surface area contributed by atoms with Gasteiger partial charge in [0.1, 0.15) is 11.4 Å². The Labute approximate surface area is 116 Å². The van der Waals surface area contributed by atoms with E-state index in [-0.39, 0.29) is 12.5 Å². The zero-order valence-electron chi connectivity index (χ0n) is 10.8. The number of hydrogen-bond donors (Lipinski definition) is 1. The Morgan fingerprint density at radius 1 is 1.20 bits per heavy atom. The van der Waals surface area contributed by atoms with Crippen LogP contribution >= 0.6 is 0 Å². The molecule has 0 saturated carbocycles. The second-order valence-corrected chi connectivity index (χ2v) is 4.09. The molecule has 0 fully saturated rings. The summed E-state index contributed by atoms with van der Waals surface area (Å²) in [6.45, 7) is 0.375. The van der Waals surface area contributed by atoms with Crippen LogP contribution in [-0.2, 0) is 11.3 Å². The predicted octanol–water partition coefficient (Wildman–Crippen LogP) is 1.59. The Balaban J connectivity index is 1.75. The van der Waals surface area contributed by atoms with Crippen LogP contribution in [0.4, 0.5) is 0 Å². The molecule has 1 aromatic carbocycles. The maximum Gasteiger partial charge on any atom is 0.258 e. The average Bonchev–Trinajstić information content (AvgIpc) is 2.52. The zero-order chi connectivity index (χ0) is 14.2. The lowest BCUT2D eigenvalue weighted by molar-refractivity contribution is -0.123. The topological polar surface area (TPSA) is 68.3 Å². The highest BCUT2D eigenvalue weighted by Gasteiger charge is 2.03. The quantitative estimate of drug-likeness (QED) is 0.809. The molecule has 0 aliphatic rings. The smallest absolute Gasteiger partial charge is 0.258 e. The molecule has 5 heteroatoms. The molecule has 1 aromatic heterocycles. The van der Waals surface area contributed by atoms with E-state index in [0.717, 1.165) is 5.56 Å². The van der Waals surface area contributed by atoms with E-state index in [4.69, 9.17) is 4.74 Å². The SMILES string of the molecule is O=Cc1ccc(OCC(=O)NCc2ccccc2)cn1. The highest BCUT2D eigenvalue weighted by molar-refractivity contribution is 5.77. The lowest BCUT2D eigenvalue weighted by atomic mass is 10.2. The monoisotopic (exact) mass is 270 g/mol. The first-order valence-corrected chi connectivity index (χ1v) is 6.12. The van der Waals surface area contributed by atoms with Crippen molar-refractivity contribution in [2.75, 3.05) is 6.61 Å². The lowest BCUT2D eigenvalue weighted by Crippen LogP contribution is -2.28. The van der Waals surface area contributed by atoms with Gasteiger partial charge in [-0.3, -0.25) is 9.59 Å². The maximum atomic E-state index is 11.6. The number of carbonyl (C=O) groups excluding carboxylic acids is 2. The van der Waals surface area contributed by atoms with Gasteiger partial charge < -0.3 is 10.1 Å². The van der Waals surface area contributed by atoms with Gasteiger partial charge >= 0.3 is 0 Å². The molecule has 0 bridgehead atoms. The second kappa shape index (κ2) is 7.04. The molecule has 102 valence electrons. The van der Waals surface area contributed by atoms with Gasteiger partial charge in [0, 0.05) is 6.54 Å². The molecule has 2 rings (SSSR count). The number of carbonyl (C=O) groups is 2. The fourth-order valence-corrected chi connectivity index (χ4v) is 1.54. The highest BCUT2D eigenvalue weighted by atomic mass is 16.5. The third-order valence-corrected chi connectivity index (χ3v) is 2.58. The molecular weight excluding hydrogens is 256 g/mol. The van der Waals surface area contributed by atoms with Crippen molar-refractivity contribution in [2.45, 2.75) is 6.54 Å². The van der Waals surface area contributed by atoms with E-state index in [2.05, 4.69) is 10.3 Å². The normalized spacial score (nSPS) is 9.80. The number of hydrogen-bond acceptors (Lipinski definition) is 4. The van der Waals surface area contributed by atoms with E-state index in [1.54, 1.807) is 6.07 Å². The molecular formula is C15H14N2O3. The summed E-state index contributed by atoms with van der Waals surface area (Å²) in [5.74, 6) is 0.235. The minimum atomic E-state index is -0.215. The van der Waals surface area contributed by atoms with Crippen molar-refractivity contribution >= 4 is 12.2 Å². The first-order valence-electron chi connectivity index (χ1n) is 6.12. The third kappa shape index (κ3) is 4.20. The minimum absolute atomic E-state index is 0.0883. The third-order valence-electron chi connectivity index (χ3n) is 2.58. The van der Waals surface area contributed by atoms with Crippen LogP contribution in [0.3, 0.4) is 0 Å². The van der Waals surface area contributed by atoms with Crippen LogP contribution in [0.1, 0.15) is 16.1 Å². The Hall–Kier alpha value is -2.69. The fourth-order valence-electron chi connectivity index (χ4n) is 1.54. The van der Waals surface area contributed by atoms with Gasteiger partial charge in [0.2, 0.25) is 0 Å². The lowest BCUT2D eigenvalue weighted by Gasteiger charge is -2.07. The number of ether oxygens (including phenoxy) is 1. The van der Waals surface area contributed by atoms with Gasteiger partial charge in [0.25, 0.3) is 5.91 Å². The number of benzene rings is 1. The zero-order valence-corrected chi connectivity index (χ0v) is 10.8. The first kappa shape index (κ1) is 13.7. The number of amides is 1. The van der Waals surface area contributed by atoms with Gasteiger partial charge in [0.15, 0.2) is 12.9 Å². The van der Waals surface area contributed by atoms with Crippen molar-refractivity contribution in [1.29, 1.82) is 0 Å². The van der Waals surface area contributed by atoms with Crippen molar-refractivity contribution in [1.82, 2.24) is 10.3 Å². The molecule has 0 spiro atoms. The molecule has 0 aliphatic heterocycles. The number of rotatable bonds is 6. The van der Waals surface area contributed by atoms with Gasteiger partial charge in [-0.05, 0) is 17.7 Å². The molecule has 0 aliphatic carbocycles. The van der Waals surface area contributed by atoms with Gasteiger partial charge in [0.05, 0.1) is 6.20 Å². The predicted molar refractivity (Wildman–Crippen MR) is 73.4 cm³/mol. The Morgan fingerprint density at radius 3 is 2.65 bits per heavy atom. The summed E-state index contributed by atoms with van der Waals surface area (Å²) in [5, 5.41) is 2.75. The summed E-state index contributed by atoms with van der Waals surface area (Å²) < 4.78 is 5.27. The first-order chi connectivity index (χ1) is 9.78. The molecule has 0 unspecified atom stereocenters. The number of nitrogens with zero attached hydrogens (tertiary/aromatic N) is 1. The van der Waals surface area contributed by atoms with Gasteiger partial charge in [-0.2, -0.15) is 0 Å². The van der Waals surface area contributed by atoms with Crippen molar-refractivity contribution in [3.05, 3.63) is 59.9 Å². The van der Waals surface area contributed by atoms with Crippen molar-refractivity contribution in [2.24, 2.45) is 0 Å². The van der Waals surface area contributed by atoms with E-state index in [9.17, 15) is 9.59 Å². The number of pyridine rings is 1. The summed E-state index contributed by atoms with van der Waals surface area (Å²) in [7, 11) is 0. The summed E-state index contributed by atoms with van der Waals surface area (Å²) in [6.07, 6.45) is 2.06. The molecule has 5 nitrogen and oxygen atoms in total. The second-order valence-electron chi connectivity index (χ2n) is 4.09. The van der Waals surface area contributed by atoms with E-state index in [0.29, 0.717) is 24.3 Å². The summed E-state index contributed by atoms with van der Waals surface area (Å²) in [5.41, 5.74) is 1.35. The van der Waals surface area contributed by atoms with Crippen molar-refractivity contribution in [3.63, 3.8) is 0 Å². The summed E-state index contributed by atoms with van der Waals surface area (Å²) in [6, 6.07) is 12.7. The van der Waals surface area contributed by atoms with Crippen LogP contribution in [0.5, 0.6) is 5.75 Å².